The number of hydrogen-bond acceptors (Lipinski definition) is 2. The normalized spacial score (nSPS) is 17.4. The van der Waals surface area contributed by atoms with Gasteiger partial charge in [0.25, 0.3) is 0 Å². The van der Waals surface area contributed by atoms with E-state index in [4.69, 9.17) is 5.21 Å². The molecule has 0 heterocycles. The number of hydrogen-bond donors (Lipinski definition) is 1. The van der Waals surface area contributed by atoms with E-state index in [1.54, 1.807) is 0 Å². The minimum atomic E-state index is 0.790. The molecule has 1 aliphatic carbocycles. The summed E-state index contributed by atoms with van der Waals surface area (Å²) in [6.45, 7) is 3.76. The van der Waals surface area contributed by atoms with Gasteiger partial charge in [0.15, 0.2) is 0 Å². The van der Waals surface area contributed by atoms with Gasteiger partial charge >= 0.3 is 0 Å². The van der Waals surface area contributed by atoms with Crippen molar-refractivity contribution >= 4 is 11.8 Å². The second kappa shape index (κ2) is 3.05. The molecular weight excluding hydrogens is 162 g/mol. The lowest BCUT2D eigenvalue weighted by Crippen LogP contribution is -1.93. The maximum absolute atomic E-state index is 8.74. The van der Waals surface area contributed by atoms with Crippen molar-refractivity contribution in [3.05, 3.63) is 41.5 Å². The molecule has 2 heteroatoms. The summed E-state index contributed by atoms with van der Waals surface area (Å²) in [5.41, 5.74) is 4.26. The Balaban J connectivity index is 2.61. The molecule has 0 spiro atoms. The van der Waals surface area contributed by atoms with E-state index in [9.17, 15) is 0 Å². The first-order valence-electron chi connectivity index (χ1n) is 4.32. The summed E-state index contributed by atoms with van der Waals surface area (Å²) in [5, 5.41) is 12.0. The molecule has 0 radical (unpaired) electrons. The van der Waals surface area contributed by atoms with Crippen LogP contribution in [0.3, 0.4) is 0 Å². The molecule has 0 aromatic heterocycles. The van der Waals surface area contributed by atoms with Crippen LogP contribution in [-0.4, -0.2) is 10.9 Å². The molecule has 0 saturated heterocycles. The Morgan fingerprint density at radius 3 is 2.92 bits per heavy atom. The highest BCUT2D eigenvalue weighted by Crippen LogP contribution is 2.26. The van der Waals surface area contributed by atoms with Gasteiger partial charge in [-0.25, -0.2) is 0 Å². The van der Waals surface area contributed by atoms with Crippen molar-refractivity contribution in [2.24, 2.45) is 5.16 Å². The van der Waals surface area contributed by atoms with E-state index in [1.807, 2.05) is 24.3 Å². The van der Waals surface area contributed by atoms with Crippen LogP contribution >= 0.6 is 0 Å². The fraction of sp³-hybridized carbons (Fsp3) is 0.182. The summed E-state index contributed by atoms with van der Waals surface area (Å²) in [6, 6.07) is 5.99. The largest absolute Gasteiger partial charge is 0.411 e. The van der Waals surface area contributed by atoms with Crippen molar-refractivity contribution < 1.29 is 5.21 Å². The lowest BCUT2D eigenvalue weighted by molar-refractivity contribution is 0.318. The van der Waals surface area contributed by atoms with Gasteiger partial charge in [0.1, 0.15) is 0 Å². The zero-order chi connectivity index (χ0) is 9.26. The lowest BCUT2D eigenvalue weighted by Gasteiger charge is -2.01. The number of benzene rings is 1. The van der Waals surface area contributed by atoms with Gasteiger partial charge in [-0.15, -0.1) is 0 Å². The number of oxime groups is 1. The number of fused-ring (bicyclic) bond motifs is 1. The summed E-state index contributed by atoms with van der Waals surface area (Å²) in [5.74, 6) is 0. The van der Waals surface area contributed by atoms with Gasteiger partial charge in [-0.1, -0.05) is 36.0 Å². The third kappa shape index (κ3) is 1.15. The highest BCUT2D eigenvalue weighted by atomic mass is 16.4. The summed E-state index contributed by atoms with van der Waals surface area (Å²) in [4.78, 5) is 0. The molecule has 2 rings (SSSR count). The first-order valence-corrected chi connectivity index (χ1v) is 4.32. The highest BCUT2D eigenvalue weighted by molar-refractivity contribution is 6.04. The zero-order valence-electron chi connectivity index (χ0n) is 7.33. The van der Waals surface area contributed by atoms with Crippen LogP contribution in [-0.2, 0) is 6.42 Å². The van der Waals surface area contributed by atoms with Gasteiger partial charge < -0.3 is 5.21 Å². The van der Waals surface area contributed by atoms with Crippen molar-refractivity contribution in [1.29, 1.82) is 0 Å². The highest BCUT2D eigenvalue weighted by Gasteiger charge is 2.19. The topological polar surface area (TPSA) is 32.6 Å². The summed E-state index contributed by atoms with van der Waals surface area (Å²) >= 11 is 0. The van der Waals surface area contributed by atoms with Crippen LogP contribution in [0.15, 0.2) is 29.9 Å². The molecule has 0 bridgehead atoms. The Labute approximate surface area is 77.2 Å². The Morgan fingerprint density at radius 2 is 2.23 bits per heavy atom. The second-order valence-electron chi connectivity index (χ2n) is 3.12. The Morgan fingerprint density at radius 1 is 1.38 bits per heavy atom. The molecule has 2 nitrogen and oxygen atoms in total. The van der Waals surface area contributed by atoms with Crippen LogP contribution in [0.2, 0.25) is 0 Å². The van der Waals surface area contributed by atoms with E-state index in [-0.39, 0.29) is 0 Å². The van der Waals surface area contributed by atoms with Crippen molar-refractivity contribution in [2.75, 3.05) is 0 Å². The molecule has 0 saturated carbocycles. The van der Waals surface area contributed by atoms with Crippen LogP contribution in [0.4, 0.5) is 0 Å². The zero-order valence-corrected chi connectivity index (χ0v) is 7.33. The Bertz CT molecular complexity index is 380. The number of rotatable bonds is 1. The van der Waals surface area contributed by atoms with Crippen LogP contribution in [0.25, 0.3) is 6.08 Å². The maximum atomic E-state index is 8.74. The SMILES string of the molecule is C=Cc1cccc2c1CCC2=NO. The van der Waals surface area contributed by atoms with Crippen molar-refractivity contribution in [3.63, 3.8) is 0 Å². The molecule has 0 unspecified atom stereocenters. The van der Waals surface area contributed by atoms with E-state index in [2.05, 4.69) is 11.7 Å². The van der Waals surface area contributed by atoms with Gasteiger partial charge in [-0.05, 0) is 24.0 Å². The second-order valence-corrected chi connectivity index (χ2v) is 3.12. The molecule has 0 fully saturated rings. The third-order valence-corrected chi connectivity index (χ3v) is 2.48. The van der Waals surface area contributed by atoms with Gasteiger partial charge in [-0.3, -0.25) is 0 Å². The Hall–Kier alpha value is -1.57. The van der Waals surface area contributed by atoms with E-state index < -0.39 is 0 Å². The summed E-state index contributed by atoms with van der Waals surface area (Å²) in [6.07, 6.45) is 3.63. The van der Waals surface area contributed by atoms with Crippen LogP contribution < -0.4 is 0 Å². The molecule has 1 aromatic rings. The van der Waals surface area contributed by atoms with Crippen molar-refractivity contribution in [1.82, 2.24) is 0 Å². The predicted octanol–water partition coefficient (Wildman–Crippen LogP) is 2.45. The van der Waals surface area contributed by atoms with Crippen LogP contribution in [0, 0.1) is 0 Å². The van der Waals surface area contributed by atoms with Gasteiger partial charge in [-0.2, -0.15) is 0 Å². The number of nitrogens with zero attached hydrogens (tertiary/aromatic N) is 1. The first-order chi connectivity index (χ1) is 6.36. The molecule has 0 atom stereocenters. The standard InChI is InChI=1S/C11H11NO/c1-2-8-4-3-5-10-9(8)6-7-11(10)12-13/h2-5,13H,1,6-7H2. The van der Waals surface area contributed by atoms with Crippen molar-refractivity contribution in [2.45, 2.75) is 12.8 Å². The quantitative estimate of drug-likeness (QED) is 0.513. The van der Waals surface area contributed by atoms with E-state index in [0.717, 1.165) is 29.7 Å². The smallest absolute Gasteiger partial charge is 0.0874 e. The molecule has 0 aliphatic heterocycles. The lowest BCUT2D eigenvalue weighted by atomic mass is 10.0. The average molecular weight is 173 g/mol. The fourth-order valence-electron chi connectivity index (χ4n) is 1.83. The summed E-state index contributed by atoms with van der Waals surface area (Å²) < 4.78 is 0. The minimum Gasteiger partial charge on any atom is -0.411 e. The van der Waals surface area contributed by atoms with Gasteiger partial charge in [0.2, 0.25) is 0 Å². The van der Waals surface area contributed by atoms with Gasteiger partial charge in [0, 0.05) is 5.56 Å². The van der Waals surface area contributed by atoms with E-state index in [0.29, 0.717) is 0 Å². The monoisotopic (exact) mass is 173 g/mol. The fourth-order valence-corrected chi connectivity index (χ4v) is 1.83. The molecule has 1 N–H and O–H groups in total. The first kappa shape index (κ1) is 8.05. The van der Waals surface area contributed by atoms with E-state index >= 15 is 0 Å². The van der Waals surface area contributed by atoms with Gasteiger partial charge in [0.05, 0.1) is 5.71 Å². The predicted molar refractivity (Wildman–Crippen MR) is 53.2 cm³/mol. The maximum Gasteiger partial charge on any atom is 0.0874 e. The minimum absolute atomic E-state index is 0.790. The third-order valence-electron chi connectivity index (χ3n) is 2.48. The molecular formula is C11H11NO. The molecule has 1 aromatic carbocycles. The molecule has 1 aliphatic rings. The molecule has 0 amide bonds. The van der Waals surface area contributed by atoms with Crippen LogP contribution in [0.5, 0.6) is 0 Å². The molecule has 13 heavy (non-hydrogen) atoms. The summed E-state index contributed by atoms with van der Waals surface area (Å²) in [7, 11) is 0. The van der Waals surface area contributed by atoms with Crippen molar-refractivity contribution in [3.8, 4) is 0 Å². The van der Waals surface area contributed by atoms with E-state index in [1.165, 1.54) is 5.56 Å². The average Bonchev–Trinajstić information content (AvgIpc) is 2.60. The Kier molecular flexibility index (Phi) is 1.89. The van der Waals surface area contributed by atoms with Crippen LogP contribution in [0.1, 0.15) is 23.1 Å². The molecule has 66 valence electrons.